The van der Waals surface area contributed by atoms with Gasteiger partial charge in [0.1, 0.15) is 5.82 Å². The molecule has 0 spiro atoms. The zero-order valence-electron chi connectivity index (χ0n) is 14.1. The number of aromatic amines is 1. The van der Waals surface area contributed by atoms with Crippen molar-refractivity contribution in [2.75, 3.05) is 5.32 Å². The number of benzene rings is 3. The number of hydrogen-bond donors (Lipinski definition) is 2. The van der Waals surface area contributed by atoms with Crippen LogP contribution in [0.1, 0.15) is 15.9 Å². The van der Waals surface area contributed by atoms with E-state index in [-0.39, 0.29) is 5.91 Å². The Labute approximate surface area is 159 Å². The van der Waals surface area contributed by atoms with Crippen molar-refractivity contribution < 1.29 is 4.79 Å². The highest BCUT2D eigenvalue weighted by Crippen LogP contribution is 2.26. The van der Waals surface area contributed by atoms with Crippen LogP contribution in [0.15, 0.2) is 71.2 Å². The van der Waals surface area contributed by atoms with Gasteiger partial charge in [0.05, 0.1) is 11.0 Å². The second kappa shape index (κ2) is 6.77. The topological polar surface area (TPSA) is 57.8 Å². The SMILES string of the molecule is Cc1ccc(-c2nc3ccccc3[nH]2)cc1NC(=O)c1ccc(Br)cc1. The van der Waals surface area contributed by atoms with E-state index in [0.717, 1.165) is 38.1 Å². The van der Waals surface area contributed by atoms with Crippen LogP contribution in [0, 0.1) is 6.92 Å². The monoisotopic (exact) mass is 405 g/mol. The molecular weight excluding hydrogens is 390 g/mol. The minimum Gasteiger partial charge on any atom is -0.338 e. The first-order chi connectivity index (χ1) is 12.6. The number of halogens is 1. The van der Waals surface area contributed by atoms with E-state index in [0.29, 0.717) is 5.56 Å². The second-order valence-electron chi connectivity index (χ2n) is 6.09. The molecule has 4 rings (SSSR count). The molecule has 26 heavy (non-hydrogen) atoms. The average molecular weight is 406 g/mol. The van der Waals surface area contributed by atoms with Crippen molar-refractivity contribution >= 4 is 38.6 Å². The second-order valence-corrected chi connectivity index (χ2v) is 7.01. The van der Waals surface area contributed by atoms with Crippen molar-refractivity contribution in [2.45, 2.75) is 6.92 Å². The number of imidazole rings is 1. The zero-order chi connectivity index (χ0) is 18.1. The number of nitrogens with zero attached hydrogens (tertiary/aromatic N) is 1. The van der Waals surface area contributed by atoms with Crippen LogP contribution in [-0.2, 0) is 0 Å². The van der Waals surface area contributed by atoms with Crippen LogP contribution in [0.5, 0.6) is 0 Å². The molecule has 3 aromatic carbocycles. The summed E-state index contributed by atoms with van der Waals surface area (Å²) < 4.78 is 0.942. The average Bonchev–Trinajstić information content (AvgIpc) is 3.08. The van der Waals surface area contributed by atoms with Crippen molar-refractivity contribution in [3.05, 3.63) is 82.3 Å². The summed E-state index contributed by atoms with van der Waals surface area (Å²) in [6, 6.07) is 21.1. The van der Waals surface area contributed by atoms with Gasteiger partial charge in [0.2, 0.25) is 0 Å². The molecule has 0 atom stereocenters. The molecule has 0 aliphatic carbocycles. The molecule has 2 N–H and O–H groups in total. The van der Waals surface area contributed by atoms with E-state index in [2.05, 4.69) is 31.2 Å². The largest absolute Gasteiger partial charge is 0.338 e. The third-order valence-corrected chi connectivity index (χ3v) is 4.78. The fourth-order valence-electron chi connectivity index (χ4n) is 2.79. The van der Waals surface area contributed by atoms with Crippen LogP contribution >= 0.6 is 15.9 Å². The third-order valence-electron chi connectivity index (χ3n) is 4.25. The number of H-pyrrole nitrogens is 1. The number of carbonyl (C=O) groups is 1. The number of fused-ring (bicyclic) bond motifs is 1. The number of aromatic nitrogens is 2. The van der Waals surface area contributed by atoms with Crippen molar-refractivity contribution in [3.8, 4) is 11.4 Å². The van der Waals surface area contributed by atoms with Gasteiger partial charge >= 0.3 is 0 Å². The van der Waals surface area contributed by atoms with E-state index in [1.165, 1.54) is 0 Å². The lowest BCUT2D eigenvalue weighted by Crippen LogP contribution is -2.12. The van der Waals surface area contributed by atoms with Crippen molar-refractivity contribution in [2.24, 2.45) is 0 Å². The van der Waals surface area contributed by atoms with Crippen LogP contribution < -0.4 is 5.32 Å². The molecule has 0 fully saturated rings. The summed E-state index contributed by atoms with van der Waals surface area (Å²) in [6.45, 7) is 1.97. The summed E-state index contributed by atoms with van der Waals surface area (Å²) in [5.41, 5.74) is 5.22. The number of nitrogens with one attached hydrogen (secondary N) is 2. The number of rotatable bonds is 3. The molecule has 0 radical (unpaired) electrons. The first-order valence-electron chi connectivity index (χ1n) is 8.23. The maximum absolute atomic E-state index is 12.5. The first-order valence-corrected chi connectivity index (χ1v) is 9.02. The Morgan fingerprint density at radius 2 is 1.81 bits per heavy atom. The van der Waals surface area contributed by atoms with Crippen LogP contribution in [-0.4, -0.2) is 15.9 Å². The first kappa shape index (κ1) is 16.5. The van der Waals surface area contributed by atoms with E-state index >= 15 is 0 Å². The summed E-state index contributed by atoms with van der Waals surface area (Å²) in [6.07, 6.45) is 0. The molecule has 0 bridgehead atoms. The van der Waals surface area contributed by atoms with Crippen molar-refractivity contribution in [1.29, 1.82) is 0 Å². The predicted octanol–water partition coefficient (Wildman–Crippen LogP) is 5.55. The van der Waals surface area contributed by atoms with E-state index in [1.54, 1.807) is 12.1 Å². The quantitative estimate of drug-likeness (QED) is 0.469. The lowest BCUT2D eigenvalue weighted by Gasteiger charge is -2.10. The minimum atomic E-state index is -0.137. The van der Waals surface area contributed by atoms with Crippen LogP contribution in [0.4, 0.5) is 5.69 Å². The highest BCUT2D eigenvalue weighted by molar-refractivity contribution is 9.10. The van der Waals surface area contributed by atoms with Gasteiger partial charge in [-0.3, -0.25) is 4.79 Å². The highest BCUT2D eigenvalue weighted by Gasteiger charge is 2.11. The smallest absolute Gasteiger partial charge is 0.255 e. The number of anilines is 1. The van der Waals surface area contributed by atoms with Gasteiger partial charge in [0.25, 0.3) is 5.91 Å². The maximum Gasteiger partial charge on any atom is 0.255 e. The number of carbonyl (C=O) groups excluding carboxylic acids is 1. The standard InChI is InChI=1S/C21H16BrN3O/c1-13-6-7-15(20-23-17-4-2-3-5-18(17)24-20)12-19(13)25-21(26)14-8-10-16(22)11-9-14/h2-12H,1H3,(H,23,24)(H,25,26). The molecule has 1 aromatic heterocycles. The van der Waals surface area contributed by atoms with Gasteiger partial charge in [-0.2, -0.15) is 0 Å². The molecule has 1 heterocycles. The molecule has 0 saturated heterocycles. The maximum atomic E-state index is 12.5. The summed E-state index contributed by atoms with van der Waals surface area (Å²) in [4.78, 5) is 20.5. The van der Waals surface area contributed by atoms with Gasteiger partial charge in [0, 0.05) is 21.3 Å². The third kappa shape index (κ3) is 3.26. The molecule has 0 unspecified atom stereocenters. The molecule has 4 nitrogen and oxygen atoms in total. The lowest BCUT2D eigenvalue weighted by molar-refractivity contribution is 0.102. The molecule has 0 saturated carbocycles. The zero-order valence-corrected chi connectivity index (χ0v) is 15.7. The predicted molar refractivity (Wildman–Crippen MR) is 108 cm³/mol. The number of para-hydroxylation sites is 2. The molecule has 5 heteroatoms. The highest BCUT2D eigenvalue weighted by atomic mass is 79.9. The Hall–Kier alpha value is -2.92. The lowest BCUT2D eigenvalue weighted by atomic mass is 10.1. The Balaban J connectivity index is 1.65. The van der Waals surface area contributed by atoms with Crippen molar-refractivity contribution in [1.82, 2.24) is 9.97 Å². The van der Waals surface area contributed by atoms with Crippen molar-refractivity contribution in [3.63, 3.8) is 0 Å². The minimum absolute atomic E-state index is 0.137. The van der Waals surface area contributed by atoms with Crippen LogP contribution in [0.2, 0.25) is 0 Å². The van der Waals surface area contributed by atoms with E-state index in [4.69, 9.17) is 0 Å². The van der Waals surface area contributed by atoms with Gasteiger partial charge in [-0.1, -0.05) is 40.2 Å². The summed E-state index contributed by atoms with van der Waals surface area (Å²) in [5, 5.41) is 2.99. The molecule has 128 valence electrons. The summed E-state index contributed by atoms with van der Waals surface area (Å²) in [5.74, 6) is 0.646. The molecule has 4 aromatic rings. The fraction of sp³-hybridized carbons (Fsp3) is 0.0476. The van der Waals surface area contributed by atoms with E-state index in [9.17, 15) is 4.79 Å². The Kier molecular flexibility index (Phi) is 4.31. The van der Waals surface area contributed by atoms with Gasteiger partial charge < -0.3 is 10.3 Å². The summed E-state index contributed by atoms with van der Waals surface area (Å²) >= 11 is 3.38. The number of amides is 1. The van der Waals surface area contributed by atoms with E-state index in [1.807, 2.05) is 61.5 Å². The van der Waals surface area contributed by atoms with Gasteiger partial charge in [0.15, 0.2) is 0 Å². The number of hydrogen-bond acceptors (Lipinski definition) is 2. The molecular formula is C21H16BrN3O. The van der Waals surface area contributed by atoms with Gasteiger partial charge in [-0.05, 0) is 55.0 Å². The van der Waals surface area contributed by atoms with E-state index < -0.39 is 0 Å². The van der Waals surface area contributed by atoms with Crippen LogP contribution in [0.25, 0.3) is 22.4 Å². The normalized spacial score (nSPS) is 10.8. The molecule has 0 aliphatic rings. The Bertz CT molecular complexity index is 1070. The number of aryl methyl sites for hydroxylation is 1. The Morgan fingerprint density at radius 3 is 2.58 bits per heavy atom. The van der Waals surface area contributed by atoms with Gasteiger partial charge in [-0.15, -0.1) is 0 Å². The summed E-state index contributed by atoms with van der Waals surface area (Å²) in [7, 11) is 0. The molecule has 1 amide bonds. The van der Waals surface area contributed by atoms with Crippen LogP contribution in [0.3, 0.4) is 0 Å². The molecule has 0 aliphatic heterocycles. The fourth-order valence-corrected chi connectivity index (χ4v) is 3.05. The van der Waals surface area contributed by atoms with Gasteiger partial charge in [-0.25, -0.2) is 4.98 Å². The Morgan fingerprint density at radius 1 is 1.04 bits per heavy atom.